The number of aromatic amines is 1. The monoisotopic (exact) mass is 310 g/mol. The van der Waals surface area contributed by atoms with E-state index in [9.17, 15) is 4.79 Å². The number of carbonyl (C=O) groups is 1. The van der Waals surface area contributed by atoms with Gasteiger partial charge >= 0.3 is 0 Å². The van der Waals surface area contributed by atoms with Crippen molar-refractivity contribution >= 4 is 29.5 Å². The van der Waals surface area contributed by atoms with Crippen molar-refractivity contribution in [3.05, 3.63) is 33.0 Å². The van der Waals surface area contributed by atoms with E-state index in [1.807, 2.05) is 22.1 Å². The second kappa shape index (κ2) is 6.81. The van der Waals surface area contributed by atoms with Gasteiger partial charge < -0.3 is 9.88 Å². The van der Waals surface area contributed by atoms with E-state index in [-0.39, 0.29) is 5.91 Å². The Bertz CT molecular complexity index is 613. The largest absolute Gasteiger partial charge is 0.354 e. The third kappa shape index (κ3) is 3.77. The standard InChI is InChI=1S/C13H18N4OS2/c1-9(2)12-15-16-13(19)17(12)6-5-14-11(18)8-10-4-3-7-20-10/h3-4,7,9H,5-6,8H2,1-2H3,(H,14,18)(H,16,19). The topological polar surface area (TPSA) is 62.7 Å². The number of nitrogens with one attached hydrogen (secondary N) is 2. The fraction of sp³-hybridized carbons (Fsp3) is 0.462. The molecule has 1 amide bonds. The predicted molar refractivity (Wildman–Crippen MR) is 82.5 cm³/mol. The molecule has 0 bridgehead atoms. The first-order valence-corrected chi connectivity index (χ1v) is 7.81. The molecular weight excluding hydrogens is 292 g/mol. The van der Waals surface area contributed by atoms with Crippen LogP contribution in [0.25, 0.3) is 0 Å². The molecule has 5 nitrogen and oxygen atoms in total. The molecule has 2 heterocycles. The third-order valence-corrected chi connectivity index (χ3v) is 4.06. The summed E-state index contributed by atoms with van der Waals surface area (Å²) in [4.78, 5) is 12.9. The minimum absolute atomic E-state index is 0.0357. The van der Waals surface area contributed by atoms with E-state index >= 15 is 0 Å². The number of hydrogen-bond acceptors (Lipinski definition) is 4. The maximum atomic E-state index is 11.8. The molecule has 2 aromatic heterocycles. The summed E-state index contributed by atoms with van der Waals surface area (Å²) < 4.78 is 2.53. The van der Waals surface area contributed by atoms with Crippen LogP contribution in [0.3, 0.4) is 0 Å². The van der Waals surface area contributed by atoms with Crippen LogP contribution in [0.15, 0.2) is 17.5 Å². The van der Waals surface area contributed by atoms with Crippen molar-refractivity contribution in [3.63, 3.8) is 0 Å². The van der Waals surface area contributed by atoms with Crippen molar-refractivity contribution in [2.45, 2.75) is 32.7 Å². The Hall–Kier alpha value is -1.47. The highest BCUT2D eigenvalue weighted by Crippen LogP contribution is 2.11. The molecule has 7 heteroatoms. The lowest BCUT2D eigenvalue weighted by atomic mass is 10.2. The van der Waals surface area contributed by atoms with E-state index in [2.05, 4.69) is 29.4 Å². The highest BCUT2D eigenvalue weighted by atomic mass is 32.1. The Morgan fingerprint density at radius 3 is 3.05 bits per heavy atom. The van der Waals surface area contributed by atoms with Crippen LogP contribution < -0.4 is 5.32 Å². The van der Waals surface area contributed by atoms with E-state index in [4.69, 9.17) is 12.2 Å². The van der Waals surface area contributed by atoms with E-state index < -0.39 is 0 Å². The van der Waals surface area contributed by atoms with Gasteiger partial charge in [0.2, 0.25) is 5.91 Å². The Balaban J connectivity index is 1.85. The van der Waals surface area contributed by atoms with Crippen LogP contribution in [0, 0.1) is 4.77 Å². The third-order valence-electron chi connectivity index (χ3n) is 2.88. The molecule has 0 atom stereocenters. The van der Waals surface area contributed by atoms with Gasteiger partial charge in [-0.2, -0.15) is 5.10 Å². The predicted octanol–water partition coefficient (Wildman–Crippen LogP) is 2.48. The summed E-state index contributed by atoms with van der Waals surface area (Å²) in [5.74, 6) is 1.25. The Labute approximate surface area is 127 Å². The number of thiophene rings is 1. The zero-order valence-electron chi connectivity index (χ0n) is 11.5. The van der Waals surface area contributed by atoms with Crippen LogP contribution in [0.4, 0.5) is 0 Å². The lowest BCUT2D eigenvalue weighted by Crippen LogP contribution is -2.28. The number of aromatic nitrogens is 3. The van der Waals surface area contributed by atoms with E-state index in [1.54, 1.807) is 11.3 Å². The number of H-pyrrole nitrogens is 1. The van der Waals surface area contributed by atoms with Gasteiger partial charge in [0.05, 0.1) is 6.42 Å². The SMILES string of the molecule is CC(C)c1n[nH]c(=S)n1CCNC(=O)Cc1cccs1. The highest BCUT2D eigenvalue weighted by molar-refractivity contribution is 7.71. The molecule has 0 aromatic carbocycles. The number of rotatable bonds is 6. The van der Waals surface area contributed by atoms with Crippen LogP contribution in [-0.2, 0) is 17.8 Å². The molecule has 0 aliphatic carbocycles. The molecule has 0 aliphatic rings. The fourth-order valence-electron chi connectivity index (χ4n) is 1.93. The summed E-state index contributed by atoms with van der Waals surface area (Å²) in [6, 6.07) is 3.92. The van der Waals surface area contributed by atoms with Crippen LogP contribution >= 0.6 is 23.6 Å². The van der Waals surface area contributed by atoms with Crippen molar-refractivity contribution in [3.8, 4) is 0 Å². The average Bonchev–Trinajstić information content (AvgIpc) is 3.00. The number of amides is 1. The molecule has 0 saturated heterocycles. The zero-order valence-corrected chi connectivity index (χ0v) is 13.2. The number of nitrogens with zero attached hydrogens (tertiary/aromatic N) is 2. The number of hydrogen-bond donors (Lipinski definition) is 2. The molecule has 0 unspecified atom stereocenters. The molecular formula is C13H18N4OS2. The molecule has 108 valence electrons. The average molecular weight is 310 g/mol. The molecule has 0 fully saturated rings. The lowest BCUT2D eigenvalue weighted by molar-refractivity contribution is -0.120. The van der Waals surface area contributed by atoms with Gasteiger partial charge in [-0.3, -0.25) is 9.89 Å². The number of carbonyl (C=O) groups excluding carboxylic acids is 1. The van der Waals surface area contributed by atoms with Gasteiger partial charge in [0.1, 0.15) is 5.82 Å². The van der Waals surface area contributed by atoms with Gasteiger partial charge in [0.15, 0.2) is 4.77 Å². The lowest BCUT2D eigenvalue weighted by Gasteiger charge is -2.09. The van der Waals surface area contributed by atoms with Crippen molar-refractivity contribution in [2.75, 3.05) is 6.54 Å². The molecule has 0 saturated carbocycles. The van der Waals surface area contributed by atoms with Crippen LogP contribution in [-0.4, -0.2) is 27.2 Å². The van der Waals surface area contributed by atoms with Crippen molar-refractivity contribution < 1.29 is 4.79 Å². The van der Waals surface area contributed by atoms with Crippen LogP contribution in [0.1, 0.15) is 30.5 Å². The quantitative estimate of drug-likeness (QED) is 0.806. The van der Waals surface area contributed by atoms with Gasteiger partial charge in [-0.05, 0) is 23.7 Å². The second-order valence-corrected chi connectivity index (χ2v) is 6.22. The summed E-state index contributed by atoms with van der Waals surface area (Å²) in [5.41, 5.74) is 0. The van der Waals surface area contributed by atoms with Crippen molar-refractivity contribution in [1.82, 2.24) is 20.1 Å². The van der Waals surface area contributed by atoms with Crippen LogP contribution in [0.5, 0.6) is 0 Å². The summed E-state index contributed by atoms with van der Waals surface area (Å²) in [7, 11) is 0. The first-order valence-electron chi connectivity index (χ1n) is 6.52. The van der Waals surface area contributed by atoms with Gasteiger partial charge in [-0.25, -0.2) is 0 Å². The van der Waals surface area contributed by atoms with Crippen molar-refractivity contribution in [2.24, 2.45) is 0 Å². The van der Waals surface area contributed by atoms with E-state index in [0.29, 0.717) is 30.2 Å². The van der Waals surface area contributed by atoms with Crippen molar-refractivity contribution in [1.29, 1.82) is 0 Å². The molecule has 2 N–H and O–H groups in total. The van der Waals surface area contributed by atoms with E-state index in [0.717, 1.165) is 10.7 Å². The second-order valence-electron chi connectivity index (χ2n) is 4.80. The molecule has 0 aliphatic heterocycles. The molecule has 20 heavy (non-hydrogen) atoms. The Kier molecular flexibility index (Phi) is 5.08. The molecule has 0 spiro atoms. The summed E-state index contributed by atoms with van der Waals surface area (Å²) in [5, 5.41) is 11.9. The van der Waals surface area contributed by atoms with Gasteiger partial charge in [0, 0.05) is 23.9 Å². The molecule has 0 radical (unpaired) electrons. The minimum atomic E-state index is 0.0357. The fourth-order valence-corrected chi connectivity index (χ4v) is 2.86. The maximum Gasteiger partial charge on any atom is 0.225 e. The van der Waals surface area contributed by atoms with Gasteiger partial charge in [-0.15, -0.1) is 11.3 Å². The smallest absolute Gasteiger partial charge is 0.225 e. The minimum Gasteiger partial charge on any atom is -0.354 e. The normalized spacial score (nSPS) is 10.9. The summed E-state index contributed by atoms with van der Waals surface area (Å²) in [6.07, 6.45) is 0.436. The van der Waals surface area contributed by atoms with E-state index in [1.165, 1.54) is 0 Å². The maximum absolute atomic E-state index is 11.8. The van der Waals surface area contributed by atoms with Crippen LogP contribution in [0.2, 0.25) is 0 Å². The Morgan fingerprint density at radius 1 is 1.60 bits per heavy atom. The molecule has 2 rings (SSSR count). The van der Waals surface area contributed by atoms with Gasteiger partial charge in [0.25, 0.3) is 0 Å². The Morgan fingerprint density at radius 2 is 2.40 bits per heavy atom. The summed E-state index contributed by atoms with van der Waals surface area (Å²) >= 11 is 6.79. The zero-order chi connectivity index (χ0) is 14.5. The molecule has 2 aromatic rings. The summed E-state index contributed by atoms with van der Waals surface area (Å²) in [6.45, 7) is 5.32. The highest BCUT2D eigenvalue weighted by Gasteiger charge is 2.10. The van der Waals surface area contributed by atoms with Gasteiger partial charge in [-0.1, -0.05) is 19.9 Å². The first-order chi connectivity index (χ1) is 9.58. The first kappa shape index (κ1) is 14.9.